The smallest absolute Gasteiger partial charge is 0.275 e. The maximum atomic E-state index is 10.4. The first-order valence-electron chi connectivity index (χ1n) is 3.41. The lowest BCUT2D eigenvalue weighted by Gasteiger charge is -2.01. The third-order valence-electron chi connectivity index (χ3n) is 1.36. The summed E-state index contributed by atoms with van der Waals surface area (Å²) in [5, 5.41) is 8.38. The maximum absolute atomic E-state index is 10.4. The molecule has 0 aliphatic rings. The first-order chi connectivity index (χ1) is 4.68. The normalized spacial score (nSPS) is 11.8. The lowest BCUT2D eigenvalue weighted by atomic mass is 10.1. The van der Waals surface area contributed by atoms with Crippen molar-refractivity contribution in [1.29, 1.82) is 0 Å². The van der Waals surface area contributed by atoms with E-state index in [1.807, 2.05) is 0 Å². The third-order valence-corrected chi connectivity index (χ3v) is 1.36. The minimum atomic E-state index is -0.363. The second-order valence-electron chi connectivity index (χ2n) is 2.32. The van der Waals surface area contributed by atoms with Gasteiger partial charge in [0.2, 0.25) is 0 Å². The summed E-state index contributed by atoms with van der Waals surface area (Å²) in [6.45, 7) is 0.172. The Morgan fingerprint density at radius 3 is 2.45 bits per heavy atom. The molecule has 1 atom stereocenters. The molecular weight excluding hydrogens is 168 g/mol. The fraction of sp³-hybridized carbons (Fsp3) is 0.833. The van der Waals surface area contributed by atoms with E-state index in [0.29, 0.717) is 6.42 Å². The third kappa shape index (κ3) is 7.58. The molecule has 0 aromatic rings. The number of carbonyl (C=O) groups is 1. The predicted molar refractivity (Wildman–Crippen MR) is 36.8 cm³/mol. The van der Waals surface area contributed by atoms with Crippen molar-refractivity contribution in [2.24, 2.45) is 5.73 Å². The molecular formula is C6H15ClN2O2. The van der Waals surface area contributed by atoms with Gasteiger partial charge in [-0.15, -0.1) is 0 Å². The molecule has 6 N–H and O–H groups in total. The van der Waals surface area contributed by atoms with Crippen LogP contribution in [0.4, 0.5) is 0 Å². The summed E-state index contributed by atoms with van der Waals surface area (Å²) in [5.74, 6) is -0.363. The van der Waals surface area contributed by atoms with Crippen LogP contribution < -0.4 is 23.9 Å². The maximum Gasteiger partial charge on any atom is 0.275 e. The Hall–Kier alpha value is -0.320. The van der Waals surface area contributed by atoms with E-state index in [9.17, 15) is 4.79 Å². The van der Waals surface area contributed by atoms with Gasteiger partial charge < -0.3 is 29.0 Å². The van der Waals surface area contributed by atoms with Crippen molar-refractivity contribution in [3.05, 3.63) is 0 Å². The van der Waals surface area contributed by atoms with E-state index in [1.54, 1.807) is 0 Å². The van der Waals surface area contributed by atoms with Gasteiger partial charge in [0.25, 0.3) is 5.91 Å². The lowest BCUT2D eigenvalue weighted by molar-refractivity contribution is -0.404. The molecule has 0 spiro atoms. The Morgan fingerprint density at radius 2 is 2.09 bits per heavy atom. The summed E-state index contributed by atoms with van der Waals surface area (Å²) in [7, 11) is 0. The van der Waals surface area contributed by atoms with Crippen molar-refractivity contribution in [1.82, 2.24) is 0 Å². The topological polar surface area (TPSA) is 91.0 Å². The highest BCUT2D eigenvalue weighted by Gasteiger charge is 2.11. The monoisotopic (exact) mass is 182 g/mol. The quantitative estimate of drug-likeness (QED) is 0.373. The molecule has 5 heteroatoms. The van der Waals surface area contributed by atoms with Crippen LogP contribution in [-0.2, 0) is 4.79 Å². The fourth-order valence-electron chi connectivity index (χ4n) is 0.645. The number of unbranched alkanes of at least 4 members (excludes halogenated alkanes) is 1. The first-order valence-corrected chi connectivity index (χ1v) is 3.41. The number of hydrogen-bond acceptors (Lipinski definition) is 2. The van der Waals surface area contributed by atoms with Crippen LogP contribution in [0, 0.1) is 0 Å². The number of aliphatic hydroxyl groups excluding tert-OH is 1. The Labute approximate surface area is 72.4 Å². The number of hydrogen-bond donors (Lipinski definition) is 3. The Kier molecular flexibility index (Phi) is 9.40. The van der Waals surface area contributed by atoms with Crippen LogP contribution in [0.5, 0.6) is 0 Å². The van der Waals surface area contributed by atoms with Crippen molar-refractivity contribution in [2.45, 2.75) is 25.3 Å². The average Bonchev–Trinajstić information content (AvgIpc) is 1.88. The minimum absolute atomic E-state index is 0. The molecule has 11 heavy (non-hydrogen) atoms. The first kappa shape index (κ1) is 13.3. The van der Waals surface area contributed by atoms with Gasteiger partial charge in [0.15, 0.2) is 6.04 Å². The summed E-state index contributed by atoms with van der Waals surface area (Å²) < 4.78 is 0. The molecule has 1 amide bonds. The largest absolute Gasteiger partial charge is 1.00 e. The molecule has 0 saturated heterocycles. The van der Waals surface area contributed by atoms with Crippen LogP contribution in [-0.4, -0.2) is 23.7 Å². The van der Waals surface area contributed by atoms with E-state index >= 15 is 0 Å². The molecule has 0 heterocycles. The molecule has 0 bridgehead atoms. The van der Waals surface area contributed by atoms with Crippen LogP contribution in [0.25, 0.3) is 0 Å². The number of rotatable bonds is 5. The van der Waals surface area contributed by atoms with Crippen molar-refractivity contribution < 1.29 is 28.0 Å². The van der Waals surface area contributed by atoms with Crippen LogP contribution in [0.1, 0.15) is 19.3 Å². The van der Waals surface area contributed by atoms with Gasteiger partial charge in [-0.25, -0.2) is 0 Å². The highest BCUT2D eigenvalue weighted by atomic mass is 35.5. The van der Waals surface area contributed by atoms with Gasteiger partial charge in [0.05, 0.1) is 0 Å². The summed E-state index contributed by atoms with van der Waals surface area (Å²) in [6.07, 6.45) is 2.21. The Balaban J connectivity index is 0. The van der Waals surface area contributed by atoms with Crippen molar-refractivity contribution >= 4 is 5.91 Å². The van der Waals surface area contributed by atoms with Gasteiger partial charge in [0.1, 0.15) is 0 Å². The molecule has 68 valence electrons. The molecule has 0 aliphatic heterocycles. The van der Waals surface area contributed by atoms with E-state index in [2.05, 4.69) is 5.73 Å². The standard InChI is InChI=1S/C6H14N2O2.ClH/c7-5(6(8)10)3-1-2-4-9;/h5,9H,1-4,7H2,(H2,8,10);1H/t5-;/m0./s1. The van der Waals surface area contributed by atoms with Gasteiger partial charge in [-0.05, 0) is 12.8 Å². The Bertz CT molecular complexity index is 111. The zero-order chi connectivity index (χ0) is 7.98. The zero-order valence-corrected chi connectivity index (χ0v) is 7.18. The second kappa shape index (κ2) is 7.78. The zero-order valence-electron chi connectivity index (χ0n) is 6.42. The predicted octanol–water partition coefficient (Wildman–Crippen LogP) is -4.75. The van der Waals surface area contributed by atoms with Crippen LogP contribution >= 0.6 is 0 Å². The average molecular weight is 183 g/mol. The van der Waals surface area contributed by atoms with E-state index in [1.165, 1.54) is 0 Å². The number of halogens is 1. The van der Waals surface area contributed by atoms with Gasteiger partial charge in [-0.1, -0.05) is 0 Å². The molecule has 0 aromatic carbocycles. The molecule has 0 rings (SSSR count). The molecule has 0 fully saturated rings. The van der Waals surface area contributed by atoms with Crippen molar-refractivity contribution in [3.63, 3.8) is 0 Å². The van der Waals surface area contributed by atoms with Crippen molar-refractivity contribution in [3.8, 4) is 0 Å². The second-order valence-corrected chi connectivity index (χ2v) is 2.32. The molecule has 0 aliphatic carbocycles. The number of carbonyl (C=O) groups excluding carboxylic acids is 1. The lowest BCUT2D eigenvalue weighted by Crippen LogP contribution is -3.00. The van der Waals surface area contributed by atoms with E-state index < -0.39 is 0 Å². The van der Waals surface area contributed by atoms with E-state index in [4.69, 9.17) is 10.8 Å². The highest BCUT2D eigenvalue weighted by molar-refractivity contribution is 5.77. The number of quaternary nitrogens is 1. The van der Waals surface area contributed by atoms with Gasteiger partial charge in [0, 0.05) is 13.0 Å². The molecule has 4 nitrogen and oxygen atoms in total. The molecule has 0 aromatic heterocycles. The summed E-state index contributed by atoms with van der Waals surface area (Å²) in [6, 6.07) is -0.299. The summed E-state index contributed by atoms with van der Waals surface area (Å²) in [5.41, 5.74) is 8.51. The van der Waals surface area contributed by atoms with Crippen LogP contribution in [0.2, 0.25) is 0 Å². The van der Waals surface area contributed by atoms with Gasteiger partial charge in [-0.2, -0.15) is 0 Å². The Morgan fingerprint density at radius 1 is 1.55 bits per heavy atom. The molecule has 0 unspecified atom stereocenters. The van der Waals surface area contributed by atoms with Crippen LogP contribution in [0.15, 0.2) is 0 Å². The molecule has 0 saturated carbocycles. The summed E-state index contributed by atoms with van der Waals surface area (Å²) >= 11 is 0. The number of nitrogens with two attached hydrogens (primary N) is 1. The van der Waals surface area contributed by atoms with Gasteiger partial charge in [-0.3, -0.25) is 4.79 Å². The SMILES string of the molecule is NC(=O)[C@@H]([NH3+])CCCCO.[Cl-]. The summed E-state index contributed by atoms with van der Waals surface area (Å²) in [4.78, 5) is 10.4. The van der Waals surface area contributed by atoms with Crippen molar-refractivity contribution in [2.75, 3.05) is 6.61 Å². The van der Waals surface area contributed by atoms with Gasteiger partial charge >= 0.3 is 0 Å². The van der Waals surface area contributed by atoms with Crippen LogP contribution in [0.3, 0.4) is 0 Å². The molecule has 0 radical (unpaired) electrons. The minimum Gasteiger partial charge on any atom is -1.00 e. The van der Waals surface area contributed by atoms with E-state index in [0.717, 1.165) is 12.8 Å². The number of amides is 1. The fourth-order valence-corrected chi connectivity index (χ4v) is 0.645. The number of aliphatic hydroxyl groups is 1. The highest BCUT2D eigenvalue weighted by Crippen LogP contribution is 1.95. The van der Waals surface area contributed by atoms with E-state index in [-0.39, 0.29) is 31.0 Å². The number of primary amides is 1.